The van der Waals surface area contributed by atoms with Gasteiger partial charge in [0.1, 0.15) is 6.26 Å². The summed E-state index contributed by atoms with van der Waals surface area (Å²) < 4.78 is 5.21. The number of nitrogens with zero attached hydrogens (tertiary/aromatic N) is 1. The minimum absolute atomic E-state index is 0.194. The zero-order valence-electron chi connectivity index (χ0n) is 7.58. The second kappa shape index (κ2) is 4.26. The SMILES string of the molecule is CC(C)c1coc(CCCO)n1. The Bertz CT molecular complexity index is 230. The quantitative estimate of drug-likeness (QED) is 0.746. The van der Waals surface area contributed by atoms with Gasteiger partial charge in [-0.15, -0.1) is 0 Å². The van der Waals surface area contributed by atoms with E-state index in [0.29, 0.717) is 5.92 Å². The lowest BCUT2D eigenvalue weighted by Crippen LogP contribution is -1.91. The molecule has 0 bridgehead atoms. The molecule has 0 unspecified atom stereocenters. The number of hydrogen-bond donors (Lipinski definition) is 1. The van der Waals surface area contributed by atoms with Crippen molar-refractivity contribution < 1.29 is 9.52 Å². The molecule has 0 radical (unpaired) electrons. The van der Waals surface area contributed by atoms with Crippen LogP contribution in [0.15, 0.2) is 10.7 Å². The van der Waals surface area contributed by atoms with Gasteiger partial charge in [0.2, 0.25) is 0 Å². The van der Waals surface area contributed by atoms with Crippen LogP contribution in [0.1, 0.15) is 37.8 Å². The molecule has 0 atom stereocenters. The van der Waals surface area contributed by atoms with E-state index in [4.69, 9.17) is 9.52 Å². The van der Waals surface area contributed by atoms with Gasteiger partial charge >= 0.3 is 0 Å². The van der Waals surface area contributed by atoms with Gasteiger partial charge in [-0.05, 0) is 12.3 Å². The number of aromatic nitrogens is 1. The Hall–Kier alpha value is -0.830. The molecule has 0 amide bonds. The van der Waals surface area contributed by atoms with Gasteiger partial charge in [0, 0.05) is 13.0 Å². The number of rotatable bonds is 4. The number of aliphatic hydroxyl groups excluding tert-OH is 1. The van der Waals surface area contributed by atoms with Crippen LogP contribution in [0.2, 0.25) is 0 Å². The van der Waals surface area contributed by atoms with Crippen molar-refractivity contribution in [2.24, 2.45) is 0 Å². The standard InChI is InChI=1S/C9H15NO2/c1-7(2)8-6-12-9(10-8)4-3-5-11/h6-7,11H,3-5H2,1-2H3. The Morgan fingerprint density at radius 2 is 2.33 bits per heavy atom. The molecule has 0 fully saturated rings. The Balaban J connectivity index is 2.52. The molecule has 1 rings (SSSR count). The molecule has 1 N–H and O–H groups in total. The van der Waals surface area contributed by atoms with E-state index < -0.39 is 0 Å². The molecule has 68 valence electrons. The van der Waals surface area contributed by atoms with E-state index in [1.54, 1.807) is 6.26 Å². The summed E-state index contributed by atoms with van der Waals surface area (Å²) in [6.07, 6.45) is 3.14. The zero-order valence-corrected chi connectivity index (χ0v) is 7.58. The summed E-state index contributed by atoms with van der Waals surface area (Å²) in [6, 6.07) is 0. The van der Waals surface area contributed by atoms with Crippen LogP contribution in [0.4, 0.5) is 0 Å². The van der Waals surface area contributed by atoms with Crippen molar-refractivity contribution in [3.63, 3.8) is 0 Å². The average molecular weight is 169 g/mol. The van der Waals surface area contributed by atoms with Crippen molar-refractivity contribution in [1.29, 1.82) is 0 Å². The van der Waals surface area contributed by atoms with E-state index in [-0.39, 0.29) is 6.61 Å². The largest absolute Gasteiger partial charge is 0.449 e. The van der Waals surface area contributed by atoms with Crippen LogP contribution >= 0.6 is 0 Å². The summed E-state index contributed by atoms with van der Waals surface area (Å²) in [5.74, 6) is 1.14. The van der Waals surface area contributed by atoms with Gasteiger partial charge in [0.15, 0.2) is 5.89 Å². The summed E-state index contributed by atoms with van der Waals surface area (Å²) in [5.41, 5.74) is 0.989. The van der Waals surface area contributed by atoms with Crippen LogP contribution in [-0.2, 0) is 6.42 Å². The van der Waals surface area contributed by atoms with Crippen LogP contribution in [0, 0.1) is 0 Å². The number of aliphatic hydroxyl groups is 1. The van der Waals surface area contributed by atoms with Crippen molar-refractivity contribution >= 4 is 0 Å². The molecule has 0 spiro atoms. The van der Waals surface area contributed by atoms with Crippen molar-refractivity contribution in [2.45, 2.75) is 32.6 Å². The fourth-order valence-electron chi connectivity index (χ4n) is 0.935. The second-order valence-electron chi connectivity index (χ2n) is 3.15. The molecular formula is C9H15NO2. The van der Waals surface area contributed by atoms with Crippen LogP contribution in [-0.4, -0.2) is 16.7 Å². The molecule has 0 aliphatic rings. The smallest absolute Gasteiger partial charge is 0.194 e. The molecule has 0 aliphatic carbocycles. The highest BCUT2D eigenvalue weighted by molar-refractivity contribution is 5.01. The molecule has 3 nitrogen and oxygen atoms in total. The molecule has 3 heteroatoms. The minimum atomic E-state index is 0.194. The van der Waals surface area contributed by atoms with Crippen LogP contribution < -0.4 is 0 Å². The molecule has 1 aromatic rings. The highest BCUT2D eigenvalue weighted by Crippen LogP contribution is 2.13. The fourth-order valence-corrected chi connectivity index (χ4v) is 0.935. The fraction of sp³-hybridized carbons (Fsp3) is 0.667. The Kier molecular flexibility index (Phi) is 3.29. The van der Waals surface area contributed by atoms with Gasteiger partial charge in [-0.25, -0.2) is 4.98 Å². The molecule has 0 saturated carbocycles. The summed E-state index contributed by atoms with van der Waals surface area (Å²) >= 11 is 0. The number of hydrogen-bond acceptors (Lipinski definition) is 3. The summed E-state index contributed by atoms with van der Waals surface area (Å²) in [7, 11) is 0. The van der Waals surface area contributed by atoms with Crippen molar-refractivity contribution in [2.75, 3.05) is 6.61 Å². The highest BCUT2D eigenvalue weighted by atomic mass is 16.3. The van der Waals surface area contributed by atoms with Crippen LogP contribution in [0.25, 0.3) is 0 Å². The Morgan fingerprint density at radius 1 is 1.58 bits per heavy atom. The lowest BCUT2D eigenvalue weighted by molar-refractivity contribution is 0.283. The average Bonchev–Trinajstić information content (AvgIpc) is 2.48. The lowest BCUT2D eigenvalue weighted by atomic mass is 10.2. The first-order chi connectivity index (χ1) is 5.74. The minimum Gasteiger partial charge on any atom is -0.449 e. The van der Waals surface area contributed by atoms with Crippen LogP contribution in [0.3, 0.4) is 0 Å². The zero-order chi connectivity index (χ0) is 8.97. The lowest BCUT2D eigenvalue weighted by Gasteiger charge is -1.94. The maximum absolute atomic E-state index is 8.57. The third-order valence-electron chi connectivity index (χ3n) is 1.71. The topological polar surface area (TPSA) is 46.3 Å². The van der Waals surface area contributed by atoms with Gasteiger partial charge in [0.25, 0.3) is 0 Å². The van der Waals surface area contributed by atoms with Gasteiger partial charge in [-0.1, -0.05) is 13.8 Å². The first-order valence-corrected chi connectivity index (χ1v) is 4.29. The molecule has 1 aromatic heterocycles. The predicted molar refractivity (Wildman–Crippen MR) is 46.0 cm³/mol. The monoisotopic (exact) mass is 169 g/mol. The molecule has 0 aromatic carbocycles. The van der Waals surface area contributed by atoms with Crippen molar-refractivity contribution in [3.05, 3.63) is 17.8 Å². The molecule has 0 saturated heterocycles. The summed E-state index contributed by atoms with van der Waals surface area (Å²) in [4.78, 5) is 4.27. The normalized spacial score (nSPS) is 11.0. The summed E-state index contributed by atoms with van der Waals surface area (Å²) in [5, 5.41) is 8.57. The molecule has 12 heavy (non-hydrogen) atoms. The van der Waals surface area contributed by atoms with Gasteiger partial charge in [0.05, 0.1) is 5.69 Å². The van der Waals surface area contributed by atoms with E-state index in [2.05, 4.69) is 18.8 Å². The second-order valence-corrected chi connectivity index (χ2v) is 3.15. The van der Waals surface area contributed by atoms with E-state index >= 15 is 0 Å². The molecule has 1 heterocycles. The van der Waals surface area contributed by atoms with Gasteiger partial charge < -0.3 is 9.52 Å². The van der Waals surface area contributed by atoms with Gasteiger partial charge in [-0.3, -0.25) is 0 Å². The third kappa shape index (κ3) is 2.34. The van der Waals surface area contributed by atoms with Crippen molar-refractivity contribution in [3.8, 4) is 0 Å². The summed E-state index contributed by atoms with van der Waals surface area (Å²) in [6.45, 7) is 4.35. The van der Waals surface area contributed by atoms with Crippen LogP contribution in [0.5, 0.6) is 0 Å². The maximum atomic E-state index is 8.57. The van der Waals surface area contributed by atoms with E-state index in [0.717, 1.165) is 24.4 Å². The maximum Gasteiger partial charge on any atom is 0.194 e. The predicted octanol–water partition coefficient (Wildman–Crippen LogP) is 1.72. The number of aryl methyl sites for hydroxylation is 1. The molecule has 0 aliphatic heterocycles. The third-order valence-corrected chi connectivity index (χ3v) is 1.71. The first kappa shape index (κ1) is 9.26. The highest BCUT2D eigenvalue weighted by Gasteiger charge is 2.06. The van der Waals surface area contributed by atoms with E-state index in [9.17, 15) is 0 Å². The van der Waals surface area contributed by atoms with Gasteiger partial charge in [-0.2, -0.15) is 0 Å². The number of oxazole rings is 1. The molecular weight excluding hydrogens is 154 g/mol. The van der Waals surface area contributed by atoms with E-state index in [1.165, 1.54) is 0 Å². The Labute approximate surface area is 72.4 Å². The van der Waals surface area contributed by atoms with Crippen molar-refractivity contribution in [1.82, 2.24) is 4.98 Å². The first-order valence-electron chi connectivity index (χ1n) is 4.29. The Morgan fingerprint density at radius 3 is 2.83 bits per heavy atom. The van der Waals surface area contributed by atoms with E-state index in [1.807, 2.05) is 0 Å².